The summed E-state index contributed by atoms with van der Waals surface area (Å²) in [7, 11) is 0. The van der Waals surface area contributed by atoms with Gasteiger partial charge in [0.2, 0.25) is 5.78 Å². The normalized spacial score (nSPS) is 13.1. The van der Waals surface area contributed by atoms with Crippen molar-refractivity contribution in [2.24, 2.45) is 0 Å². The second-order valence-corrected chi connectivity index (χ2v) is 4.96. The molecule has 1 aromatic carbocycles. The van der Waals surface area contributed by atoms with Gasteiger partial charge in [0, 0.05) is 11.8 Å². The summed E-state index contributed by atoms with van der Waals surface area (Å²) in [6.07, 6.45) is 0. The van der Waals surface area contributed by atoms with Crippen LogP contribution in [-0.4, -0.2) is 26.4 Å². The van der Waals surface area contributed by atoms with Crippen LogP contribution in [0.2, 0.25) is 0 Å². The van der Waals surface area contributed by atoms with E-state index in [1.165, 1.54) is 30.3 Å². The van der Waals surface area contributed by atoms with Crippen LogP contribution in [0.1, 0.15) is 16.1 Å². The quantitative estimate of drug-likeness (QED) is 0.256. The van der Waals surface area contributed by atoms with Crippen molar-refractivity contribution >= 4 is 23.0 Å². The number of nitro groups is 2. The first-order chi connectivity index (χ1) is 11.8. The van der Waals surface area contributed by atoms with E-state index in [0.717, 1.165) is 6.07 Å². The molecule has 10 nitrogen and oxygen atoms in total. The van der Waals surface area contributed by atoms with Gasteiger partial charge < -0.3 is 5.11 Å². The summed E-state index contributed by atoms with van der Waals surface area (Å²) in [5.41, 5.74) is -2.59. The van der Waals surface area contributed by atoms with Crippen LogP contribution in [0.15, 0.2) is 42.1 Å². The maximum atomic E-state index is 12.2. The van der Waals surface area contributed by atoms with Gasteiger partial charge in [0.15, 0.2) is 0 Å². The fourth-order valence-corrected chi connectivity index (χ4v) is 2.43. The monoisotopic (exact) mass is 363 g/mol. The van der Waals surface area contributed by atoms with Crippen molar-refractivity contribution < 1.29 is 54.1 Å². The number of carbonyl (C=O) groups is 2. The summed E-state index contributed by atoms with van der Waals surface area (Å²) in [6.45, 7) is 0. The third kappa shape index (κ3) is 3.01. The van der Waals surface area contributed by atoms with Gasteiger partial charge in [-0.05, 0) is 18.2 Å². The SMILES string of the molecule is O=C1C(=O)c2ccc(-c3ccccc3[N+](=O)[O-])nc2C([O-])=C1[N+](=O)[O-].[Na+]. The maximum absolute atomic E-state index is 12.2. The van der Waals surface area contributed by atoms with Crippen LogP contribution < -0.4 is 34.7 Å². The summed E-state index contributed by atoms with van der Waals surface area (Å²) in [6, 6.07) is 7.88. The molecule has 1 aliphatic rings. The number of nitro benzene ring substituents is 1. The zero-order valence-corrected chi connectivity index (χ0v) is 15.2. The number of Topliss-reactive ketones (excluding diaryl/α,β-unsaturated/α-hetero) is 2. The van der Waals surface area contributed by atoms with Crippen LogP contribution in [-0.2, 0) is 4.79 Å². The number of aromatic nitrogens is 1. The molecule has 0 saturated heterocycles. The number of nitrogens with zero attached hydrogens (tertiary/aromatic N) is 3. The maximum Gasteiger partial charge on any atom is 1.00 e. The number of allylic oxidation sites excluding steroid dienone is 1. The Labute approximate surface area is 166 Å². The van der Waals surface area contributed by atoms with Crippen LogP contribution in [0.5, 0.6) is 0 Å². The Morgan fingerprint density at radius 3 is 2.12 bits per heavy atom. The van der Waals surface area contributed by atoms with Gasteiger partial charge in [-0.1, -0.05) is 12.1 Å². The molecule has 0 saturated carbocycles. The second kappa shape index (κ2) is 7.12. The smallest absolute Gasteiger partial charge is 0.866 e. The predicted molar refractivity (Wildman–Crippen MR) is 79.6 cm³/mol. The first-order valence-electron chi connectivity index (χ1n) is 6.73. The summed E-state index contributed by atoms with van der Waals surface area (Å²) >= 11 is 0. The first kappa shape index (κ1) is 19.4. The van der Waals surface area contributed by atoms with E-state index in [0.29, 0.717) is 0 Å². The molecule has 0 unspecified atom stereocenters. The third-order valence-corrected chi connectivity index (χ3v) is 3.55. The molecule has 3 rings (SSSR count). The molecule has 0 fully saturated rings. The molecular weight excluding hydrogens is 357 g/mol. The topological polar surface area (TPSA) is 156 Å². The number of fused-ring (bicyclic) bond motifs is 1. The van der Waals surface area contributed by atoms with Gasteiger partial charge in [0.05, 0.1) is 32.4 Å². The minimum Gasteiger partial charge on any atom is -0.866 e. The van der Waals surface area contributed by atoms with E-state index >= 15 is 0 Å². The molecule has 1 heterocycles. The molecule has 0 bridgehead atoms. The molecule has 0 N–H and O–H groups in total. The fourth-order valence-electron chi connectivity index (χ4n) is 2.43. The van der Waals surface area contributed by atoms with Gasteiger partial charge in [-0.25, -0.2) is 4.98 Å². The molecule has 1 aromatic heterocycles. The summed E-state index contributed by atoms with van der Waals surface area (Å²) in [5, 5.41) is 34.2. The van der Waals surface area contributed by atoms with Crippen molar-refractivity contribution in [2.45, 2.75) is 0 Å². The Morgan fingerprint density at radius 1 is 0.846 bits per heavy atom. The first-order valence-corrected chi connectivity index (χ1v) is 6.73. The number of ketones is 2. The summed E-state index contributed by atoms with van der Waals surface area (Å²) in [4.78, 5) is 47.6. The zero-order valence-electron chi connectivity index (χ0n) is 13.2. The van der Waals surface area contributed by atoms with E-state index in [2.05, 4.69) is 4.98 Å². The molecule has 26 heavy (non-hydrogen) atoms. The van der Waals surface area contributed by atoms with Crippen molar-refractivity contribution in [1.29, 1.82) is 0 Å². The van der Waals surface area contributed by atoms with Gasteiger partial charge in [-0.3, -0.25) is 29.8 Å². The summed E-state index contributed by atoms with van der Waals surface area (Å²) < 4.78 is 0. The van der Waals surface area contributed by atoms with Crippen molar-refractivity contribution in [3.05, 3.63) is 73.6 Å². The standard InChI is InChI=1S/C15H7N3O7.Na/c19-13-8-5-6-9(7-3-1-2-4-10(7)17(22)23)16-11(8)14(20)12(15(13)21)18(24)25;/h1-6,20H;/q;+1/p-1. The van der Waals surface area contributed by atoms with Crippen LogP contribution in [0.25, 0.3) is 17.0 Å². The van der Waals surface area contributed by atoms with E-state index in [1.54, 1.807) is 0 Å². The Morgan fingerprint density at radius 2 is 1.50 bits per heavy atom. The molecule has 0 radical (unpaired) electrons. The van der Waals surface area contributed by atoms with Gasteiger partial charge in [0.1, 0.15) is 0 Å². The van der Waals surface area contributed by atoms with Crippen molar-refractivity contribution in [1.82, 2.24) is 4.98 Å². The molecule has 0 amide bonds. The Bertz CT molecular complexity index is 1020. The minimum atomic E-state index is -1.51. The molecule has 124 valence electrons. The van der Waals surface area contributed by atoms with Gasteiger partial charge in [-0.15, -0.1) is 0 Å². The van der Waals surface area contributed by atoms with Crippen LogP contribution in [0.4, 0.5) is 5.69 Å². The molecule has 1 aliphatic carbocycles. The van der Waals surface area contributed by atoms with Crippen LogP contribution in [0.3, 0.4) is 0 Å². The largest absolute Gasteiger partial charge is 1.00 e. The van der Waals surface area contributed by atoms with Crippen LogP contribution >= 0.6 is 0 Å². The number of hydrogen-bond donors (Lipinski definition) is 0. The summed E-state index contributed by atoms with van der Waals surface area (Å²) in [5.74, 6) is -4.03. The number of pyridine rings is 1. The molecule has 0 atom stereocenters. The zero-order chi connectivity index (χ0) is 18.3. The average molecular weight is 363 g/mol. The number of para-hydroxylation sites is 1. The molecule has 2 aromatic rings. The van der Waals surface area contributed by atoms with E-state index in [-0.39, 0.29) is 52.1 Å². The Hall–Kier alpha value is -2.95. The van der Waals surface area contributed by atoms with Gasteiger partial charge in [-0.2, -0.15) is 0 Å². The number of rotatable bonds is 3. The van der Waals surface area contributed by atoms with Crippen molar-refractivity contribution in [3.63, 3.8) is 0 Å². The Balaban J connectivity index is 0.00000243. The van der Waals surface area contributed by atoms with E-state index in [9.17, 15) is 34.9 Å². The Kier molecular flexibility index (Phi) is 5.30. The number of hydrogen-bond acceptors (Lipinski definition) is 8. The van der Waals surface area contributed by atoms with Crippen molar-refractivity contribution in [3.8, 4) is 11.3 Å². The fraction of sp³-hybridized carbons (Fsp3) is 0. The third-order valence-electron chi connectivity index (χ3n) is 3.55. The predicted octanol–water partition coefficient (Wildman–Crippen LogP) is -2.27. The minimum absolute atomic E-state index is 0. The molecule has 0 aliphatic heterocycles. The number of carbonyl (C=O) groups excluding carboxylic acids is 2. The second-order valence-electron chi connectivity index (χ2n) is 4.96. The van der Waals surface area contributed by atoms with E-state index in [1.807, 2.05) is 0 Å². The average Bonchev–Trinajstić information content (AvgIpc) is 2.59. The molecule has 11 heteroatoms. The van der Waals surface area contributed by atoms with Crippen LogP contribution in [0, 0.1) is 20.2 Å². The van der Waals surface area contributed by atoms with Gasteiger partial charge >= 0.3 is 41.0 Å². The van der Waals surface area contributed by atoms with Crippen molar-refractivity contribution in [2.75, 3.05) is 0 Å². The van der Waals surface area contributed by atoms with E-state index < -0.39 is 38.6 Å². The molecular formula is C15H6N3NaO7. The number of benzene rings is 1. The van der Waals surface area contributed by atoms with Gasteiger partial charge in [0.25, 0.3) is 5.69 Å². The molecule has 0 spiro atoms. The van der Waals surface area contributed by atoms with E-state index in [4.69, 9.17) is 0 Å².